The van der Waals surface area contributed by atoms with E-state index in [-0.39, 0.29) is 17.3 Å². The third-order valence-corrected chi connectivity index (χ3v) is 3.28. The van der Waals surface area contributed by atoms with Gasteiger partial charge in [0, 0.05) is 17.2 Å². The lowest BCUT2D eigenvalue weighted by Crippen LogP contribution is -2.01. The van der Waals surface area contributed by atoms with Crippen molar-refractivity contribution >= 4 is 5.78 Å². The first kappa shape index (κ1) is 15.4. The van der Waals surface area contributed by atoms with Crippen molar-refractivity contribution in [1.82, 2.24) is 4.98 Å². The fraction of sp³-hybridized carbons (Fsp3) is 0. The molecule has 1 aromatic heterocycles. The van der Waals surface area contributed by atoms with E-state index in [9.17, 15) is 9.18 Å². The Kier molecular flexibility index (Phi) is 4.30. The Morgan fingerprint density at radius 2 is 1.58 bits per heavy atom. The molecule has 0 unspecified atom stereocenters. The largest absolute Gasteiger partial charge is 0.439 e. The Labute approximate surface area is 137 Å². The molecular weight excluding hydrogens is 307 g/mol. The van der Waals surface area contributed by atoms with Crippen molar-refractivity contribution < 1.29 is 13.9 Å². The lowest BCUT2D eigenvalue weighted by molar-refractivity contribution is 0.103. The first-order valence-corrected chi connectivity index (χ1v) is 7.11. The summed E-state index contributed by atoms with van der Waals surface area (Å²) in [7, 11) is 0. The summed E-state index contributed by atoms with van der Waals surface area (Å²) in [4.78, 5) is 16.3. The summed E-state index contributed by atoms with van der Waals surface area (Å²) in [6.07, 6.45) is 0. The third-order valence-electron chi connectivity index (χ3n) is 3.28. The highest BCUT2D eigenvalue weighted by molar-refractivity contribution is 6.08. The summed E-state index contributed by atoms with van der Waals surface area (Å²) < 4.78 is 18.5. The molecule has 5 heteroatoms. The second-order valence-corrected chi connectivity index (χ2v) is 4.94. The van der Waals surface area contributed by atoms with Crippen LogP contribution in [-0.2, 0) is 0 Å². The average Bonchev–Trinajstić information content (AvgIpc) is 2.62. The molecule has 3 aromatic rings. The quantitative estimate of drug-likeness (QED) is 0.679. The van der Waals surface area contributed by atoms with Gasteiger partial charge in [0.25, 0.3) is 0 Å². The smallest absolute Gasteiger partial charge is 0.220 e. The summed E-state index contributed by atoms with van der Waals surface area (Å²) in [6.45, 7) is 0. The highest BCUT2D eigenvalue weighted by Crippen LogP contribution is 2.21. The number of ketones is 1. The number of ether oxygens (including phenoxy) is 1. The molecular formula is C19H11FN2O2. The zero-order chi connectivity index (χ0) is 16.9. The van der Waals surface area contributed by atoms with Crippen LogP contribution in [0.3, 0.4) is 0 Å². The monoisotopic (exact) mass is 318 g/mol. The van der Waals surface area contributed by atoms with Crippen LogP contribution in [0.2, 0.25) is 0 Å². The normalized spacial score (nSPS) is 10.0. The van der Waals surface area contributed by atoms with Gasteiger partial charge in [0.2, 0.25) is 5.88 Å². The molecule has 4 nitrogen and oxygen atoms in total. The molecule has 0 aliphatic rings. The number of carbonyl (C=O) groups is 1. The lowest BCUT2D eigenvalue weighted by Gasteiger charge is -2.06. The zero-order valence-corrected chi connectivity index (χ0v) is 12.4. The second kappa shape index (κ2) is 6.71. The van der Waals surface area contributed by atoms with Crippen LogP contribution in [-0.4, -0.2) is 10.8 Å². The van der Waals surface area contributed by atoms with Crippen molar-refractivity contribution in [3.63, 3.8) is 0 Å². The Morgan fingerprint density at radius 1 is 0.958 bits per heavy atom. The van der Waals surface area contributed by atoms with Gasteiger partial charge >= 0.3 is 0 Å². The molecule has 1 heterocycles. The number of benzene rings is 2. The molecule has 0 aliphatic heterocycles. The molecule has 0 bridgehead atoms. The van der Waals surface area contributed by atoms with Crippen LogP contribution in [0.25, 0.3) is 0 Å². The van der Waals surface area contributed by atoms with E-state index in [0.29, 0.717) is 22.8 Å². The topological polar surface area (TPSA) is 63.0 Å². The minimum atomic E-state index is -0.387. The van der Waals surface area contributed by atoms with Crippen LogP contribution >= 0.6 is 0 Å². The van der Waals surface area contributed by atoms with E-state index in [2.05, 4.69) is 4.98 Å². The molecule has 0 radical (unpaired) electrons. The molecule has 0 aliphatic carbocycles. The van der Waals surface area contributed by atoms with Gasteiger partial charge in [-0.3, -0.25) is 4.79 Å². The van der Waals surface area contributed by atoms with Gasteiger partial charge in [-0.25, -0.2) is 9.37 Å². The van der Waals surface area contributed by atoms with Gasteiger partial charge in [0.05, 0.1) is 0 Å². The zero-order valence-electron chi connectivity index (χ0n) is 12.4. The predicted molar refractivity (Wildman–Crippen MR) is 85.3 cm³/mol. The molecule has 0 atom stereocenters. The number of carbonyl (C=O) groups excluding carboxylic acids is 1. The Morgan fingerprint density at radius 3 is 2.21 bits per heavy atom. The Hall–Kier alpha value is -3.52. The minimum Gasteiger partial charge on any atom is -0.439 e. The lowest BCUT2D eigenvalue weighted by atomic mass is 10.0. The Bertz CT molecular complexity index is 913. The van der Waals surface area contributed by atoms with Gasteiger partial charge in [-0.2, -0.15) is 5.26 Å². The summed E-state index contributed by atoms with van der Waals surface area (Å²) in [5.74, 6) is 0.202. The van der Waals surface area contributed by atoms with Crippen LogP contribution in [0.4, 0.5) is 4.39 Å². The minimum absolute atomic E-state index is 0.203. The van der Waals surface area contributed by atoms with Crippen LogP contribution in [0, 0.1) is 17.1 Å². The fourth-order valence-corrected chi connectivity index (χ4v) is 2.10. The number of hydrogen-bond acceptors (Lipinski definition) is 4. The maximum Gasteiger partial charge on any atom is 0.220 e. The summed E-state index contributed by atoms with van der Waals surface area (Å²) in [5, 5.41) is 8.82. The van der Waals surface area contributed by atoms with Crippen molar-refractivity contribution in [1.29, 1.82) is 5.26 Å². The average molecular weight is 318 g/mol. The number of nitrogens with zero attached hydrogens (tertiary/aromatic N) is 2. The molecule has 116 valence electrons. The molecule has 0 spiro atoms. The van der Waals surface area contributed by atoms with Gasteiger partial charge < -0.3 is 4.74 Å². The van der Waals surface area contributed by atoms with E-state index in [0.717, 1.165) is 0 Å². The molecule has 24 heavy (non-hydrogen) atoms. The van der Waals surface area contributed by atoms with Crippen molar-refractivity contribution in [2.45, 2.75) is 0 Å². The second-order valence-electron chi connectivity index (χ2n) is 4.94. The molecule has 0 N–H and O–H groups in total. The van der Waals surface area contributed by atoms with Gasteiger partial charge in [-0.05, 0) is 54.6 Å². The summed E-state index contributed by atoms with van der Waals surface area (Å²) in [6, 6.07) is 18.7. The SMILES string of the molecule is N#Cc1cccc(Oc2ccc(C(=O)c3ccc(F)cc3)cc2)n1. The van der Waals surface area contributed by atoms with Crippen molar-refractivity contribution in [3.8, 4) is 17.7 Å². The Balaban J connectivity index is 1.76. The van der Waals surface area contributed by atoms with Crippen molar-refractivity contribution in [3.05, 3.63) is 89.4 Å². The van der Waals surface area contributed by atoms with Gasteiger partial charge in [-0.15, -0.1) is 0 Å². The van der Waals surface area contributed by atoms with E-state index in [4.69, 9.17) is 10.00 Å². The molecule has 0 saturated heterocycles. The predicted octanol–water partition coefficient (Wildman–Crippen LogP) is 4.12. The number of hydrogen-bond donors (Lipinski definition) is 0. The van der Waals surface area contributed by atoms with E-state index in [1.807, 2.05) is 6.07 Å². The van der Waals surface area contributed by atoms with Gasteiger partial charge in [0.1, 0.15) is 23.3 Å². The highest BCUT2D eigenvalue weighted by Gasteiger charge is 2.09. The van der Waals surface area contributed by atoms with Crippen LogP contribution in [0.15, 0.2) is 66.7 Å². The van der Waals surface area contributed by atoms with E-state index in [1.54, 1.807) is 42.5 Å². The first-order chi connectivity index (χ1) is 11.7. The van der Waals surface area contributed by atoms with Crippen LogP contribution < -0.4 is 4.74 Å². The number of rotatable bonds is 4. The van der Waals surface area contributed by atoms with Gasteiger partial charge in [0.15, 0.2) is 5.78 Å². The highest BCUT2D eigenvalue weighted by atomic mass is 19.1. The molecule has 3 rings (SSSR count). The molecule has 0 saturated carbocycles. The fourth-order valence-electron chi connectivity index (χ4n) is 2.10. The molecule has 2 aromatic carbocycles. The van der Waals surface area contributed by atoms with Crippen molar-refractivity contribution in [2.75, 3.05) is 0 Å². The number of nitriles is 1. The van der Waals surface area contributed by atoms with Crippen molar-refractivity contribution in [2.24, 2.45) is 0 Å². The maximum atomic E-state index is 12.9. The number of aromatic nitrogens is 1. The standard InChI is InChI=1S/C19H11FN2O2/c20-15-8-4-13(5-9-15)19(23)14-6-10-17(11-7-14)24-18-3-1-2-16(12-21)22-18/h1-11H. The number of halogens is 1. The first-order valence-electron chi connectivity index (χ1n) is 7.11. The molecule has 0 fully saturated rings. The maximum absolute atomic E-state index is 12.9. The molecule has 0 amide bonds. The van der Waals surface area contributed by atoms with Crippen LogP contribution in [0.1, 0.15) is 21.6 Å². The summed E-state index contributed by atoms with van der Waals surface area (Å²) >= 11 is 0. The van der Waals surface area contributed by atoms with E-state index < -0.39 is 0 Å². The van der Waals surface area contributed by atoms with E-state index in [1.165, 1.54) is 24.3 Å². The third kappa shape index (κ3) is 3.45. The number of pyridine rings is 1. The van der Waals surface area contributed by atoms with Gasteiger partial charge in [-0.1, -0.05) is 6.07 Å². The van der Waals surface area contributed by atoms with Crippen LogP contribution in [0.5, 0.6) is 11.6 Å². The van der Waals surface area contributed by atoms with E-state index >= 15 is 0 Å². The summed E-state index contributed by atoms with van der Waals surface area (Å²) in [5.41, 5.74) is 1.14.